The number of aryl methyl sites for hydroxylation is 2. The summed E-state index contributed by atoms with van der Waals surface area (Å²) in [6, 6.07) is 6.56. The van der Waals surface area contributed by atoms with E-state index < -0.39 is 0 Å². The second-order valence-electron chi connectivity index (χ2n) is 8.84. The van der Waals surface area contributed by atoms with Crippen LogP contribution in [0.2, 0.25) is 0 Å². The molecule has 0 spiro atoms. The van der Waals surface area contributed by atoms with Crippen molar-refractivity contribution < 1.29 is 0 Å². The van der Waals surface area contributed by atoms with E-state index in [0.717, 1.165) is 54.1 Å². The Kier molecular flexibility index (Phi) is 7.88. The van der Waals surface area contributed by atoms with Crippen molar-refractivity contribution in [1.82, 2.24) is 19.5 Å². The van der Waals surface area contributed by atoms with Gasteiger partial charge in [-0.15, -0.1) is 0 Å². The Bertz CT molecular complexity index is 1210. The number of fused-ring (bicyclic) bond motifs is 1. The lowest BCUT2D eigenvalue weighted by atomic mass is 10.0. The molecule has 6 heteroatoms. The van der Waals surface area contributed by atoms with Crippen molar-refractivity contribution in [3.63, 3.8) is 0 Å². The van der Waals surface area contributed by atoms with E-state index in [1.54, 1.807) is 18.1 Å². The summed E-state index contributed by atoms with van der Waals surface area (Å²) in [5.74, 6) is 1.66. The number of nitrogens with one attached hydrogen (secondary N) is 1. The average Bonchev–Trinajstić information content (AvgIpc) is 3.60. The molecule has 0 aliphatic heterocycles. The second kappa shape index (κ2) is 11.0. The molecule has 0 amide bonds. The van der Waals surface area contributed by atoms with E-state index in [4.69, 9.17) is 9.97 Å². The van der Waals surface area contributed by atoms with Crippen molar-refractivity contribution in [2.45, 2.75) is 71.5 Å². The Morgan fingerprint density at radius 3 is 2.56 bits per heavy atom. The van der Waals surface area contributed by atoms with E-state index in [1.165, 1.54) is 29.7 Å². The van der Waals surface area contributed by atoms with Crippen molar-refractivity contribution in [3.05, 3.63) is 71.7 Å². The Morgan fingerprint density at radius 2 is 1.91 bits per heavy atom. The summed E-state index contributed by atoms with van der Waals surface area (Å²) in [6.07, 6.45) is 14.6. The quantitative estimate of drug-likeness (QED) is 0.231. The van der Waals surface area contributed by atoms with Gasteiger partial charge in [0.2, 0.25) is 0 Å². The molecule has 4 rings (SSSR count). The minimum Gasteiger partial charge on any atom is -0.313 e. The number of aromatic nitrogens is 4. The van der Waals surface area contributed by atoms with Gasteiger partial charge in [0.05, 0.1) is 11.9 Å². The lowest BCUT2D eigenvalue weighted by Gasteiger charge is -2.17. The number of benzene rings is 1. The van der Waals surface area contributed by atoms with Crippen LogP contribution in [0.4, 0.5) is 5.82 Å². The fourth-order valence-corrected chi connectivity index (χ4v) is 4.77. The number of allylic oxidation sites excluding steroid dienone is 5. The first kappa shape index (κ1) is 24.3. The molecule has 1 N–H and O–H groups in total. The highest BCUT2D eigenvalue weighted by atomic mass is 32.2. The van der Waals surface area contributed by atoms with E-state index in [9.17, 15) is 0 Å². The summed E-state index contributed by atoms with van der Waals surface area (Å²) in [5.41, 5.74) is 7.40. The standard InChI is InChI=1S/C28H35N5S/c1-6-11-19(4)12-9-13-20(5)27-31-26-28(30-24(18-29-26)32-34-23-16-17-23)33(27)25-21(7-2)14-10-15-22(25)8-3/h9-10,12-15,18,23H,4,6-8,11,16-17H2,1-3,5H3,(H,30,32)/b12-9-,20-13+. The first-order valence-electron chi connectivity index (χ1n) is 12.4. The van der Waals surface area contributed by atoms with Gasteiger partial charge in [-0.3, -0.25) is 4.57 Å². The van der Waals surface area contributed by atoms with Crippen LogP contribution in [0.15, 0.2) is 54.8 Å². The number of hydrogen-bond acceptors (Lipinski definition) is 5. The molecular formula is C28H35N5S. The number of imidazole rings is 1. The predicted molar refractivity (Wildman–Crippen MR) is 146 cm³/mol. The maximum atomic E-state index is 4.98. The number of nitrogens with zero attached hydrogens (tertiary/aromatic N) is 4. The molecule has 1 aliphatic rings. The third-order valence-electron chi connectivity index (χ3n) is 6.02. The minimum atomic E-state index is 0.664. The molecule has 178 valence electrons. The molecule has 2 heterocycles. The Balaban J connectivity index is 1.86. The fraction of sp³-hybridized carbons (Fsp3) is 0.393. The molecular weight excluding hydrogens is 438 g/mol. The van der Waals surface area contributed by atoms with Gasteiger partial charge in [0.15, 0.2) is 17.1 Å². The lowest BCUT2D eigenvalue weighted by Crippen LogP contribution is -2.08. The molecule has 0 atom stereocenters. The smallest absolute Gasteiger partial charge is 0.198 e. The zero-order valence-electron chi connectivity index (χ0n) is 20.8. The van der Waals surface area contributed by atoms with Gasteiger partial charge in [-0.25, -0.2) is 15.0 Å². The molecule has 0 radical (unpaired) electrons. The normalized spacial score (nSPS) is 14.3. The van der Waals surface area contributed by atoms with Gasteiger partial charge in [-0.2, -0.15) is 0 Å². The van der Waals surface area contributed by atoms with Crippen LogP contribution in [-0.2, 0) is 12.8 Å². The van der Waals surface area contributed by atoms with Crippen LogP contribution in [0, 0.1) is 0 Å². The maximum Gasteiger partial charge on any atom is 0.198 e. The molecule has 0 unspecified atom stereocenters. The van der Waals surface area contributed by atoms with Crippen LogP contribution >= 0.6 is 11.9 Å². The topological polar surface area (TPSA) is 55.6 Å². The average molecular weight is 474 g/mol. The molecule has 1 saturated carbocycles. The Morgan fingerprint density at radius 1 is 1.18 bits per heavy atom. The largest absolute Gasteiger partial charge is 0.313 e. The van der Waals surface area contributed by atoms with E-state index in [-0.39, 0.29) is 0 Å². The maximum absolute atomic E-state index is 4.98. The molecule has 0 saturated heterocycles. The van der Waals surface area contributed by atoms with Crippen molar-refractivity contribution in [2.75, 3.05) is 4.72 Å². The van der Waals surface area contributed by atoms with Gasteiger partial charge in [0.25, 0.3) is 0 Å². The first-order valence-corrected chi connectivity index (χ1v) is 13.2. The summed E-state index contributed by atoms with van der Waals surface area (Å²) in [6.45, 7) is 12.8. The monoisotopic (exact) mass is 473 g/mol. The van der Waals surface area contributed by atoms with Gasteiger partial charge >= 0.3 is 0 Å². The van der Waals surface area contributed by atoms with Crippen LogP contribution in [-0.4, -0.2) is 24.8 Å². The molecule has 1 aromatic carbocycles. The van der Waals surface area contributed by atoms with Crippen LogP contribution in [0.5, 0.6) is 0 Å². The molecule has 2 aromatic heterocycles. The summed E-state index contributed by atoms with van der Waals surface area (Å²) in [5, 5.41) is 0.685. The Labute approximate surface area is 207 Å². The van der Waals surface area contributed by atoms with Gasteiger partial charge in [-0.05, 0) is 67.7 Å². The minimum absolute atomic E-state index is 0.664. The highest BCUT2D eigenvalue weighted by Gasteiger charge is 2.23. The summed E-state index contributed by atoms with van der Waals surface area (Å²) in [4.78, 5) is 14.6. The third kappa shape index (κ3) is 5.44. The summed E-state index contributed by atoms with van der Waals surface area (Å²) < 4.78 is 5.61. The molecule has 5 nitrogen and oxygen atoms in total. The number of para-hydroxylation sites is 1. The summed E-state index contributed by atoms with van der Waals surface area (Å²) >= 11 is 1.74. The molecule has 3 aromatic rings. The first-order chi connectivity index (χ1) is 16.5. The SMILES string of the molecule is C=C(/C=C\C=C(/C)c1nc2ncc(NSC3CC3)nc2n1-c1c(CC)cccc1CC)CCC. The van der Waals surface area contributed by atoms with Gasteiger partial charge < -0.3 is 4.72 Å². The molecule has 1 fully saturated rings. The van der Waals surface area contributed by atoms with Gasteiger partial charge in [0.1, 0.15) is 5.82 Å². The molecule has 1 aliphatic carbocycles. The van der Waals surface area contributed by atoms with Crippen molar-refractivity contribution in [2.24, 2.45) is 0 Å². The van der Waals surface area contributed by atoms with Crippen LogP contribution < -0.4 is 4.72 Å². The van der Waals surface area contributed by atoms with E-state index in [0.29, 0.717) is 10.9 Å². The highest BCUT2D eigenvalue weighted by Crippen LogP contribution is 2.35. The zero-order valence-corrected chi connectivity index (χ0v) is 21.6. The number of anilines is 1. The van der Waals surface area contributed by atoms with E-state index in [1.807, 2.05) is 0 Å². The Hall–Kier alpha value is -2.86. The third-order valence-corrected chi connectivity index (χ3v) is 7.15. The fourth-order valence-electron chi connectivity index (χ4n) is 4.02. The zero-order chi connectivity index (χ0) is 24.1. The van der Waals surface area contributed by atoms with Crippen molar-refractivity contribution in [3.8, 4) is 5.69 Å². The van der Waals surface area contributed by atoms with Gasteiger partial charge in [-0.1, -0.05) is 75.8 Å². The number of hydrogen-bond donors (Lipinski definition) is 1. The number of rotatable bonds is 11. The summed E-state index contributed by atoms with van der Waals surface area (Å²) in [7, 11) is 0. The van der Waals surface area contributed by atoms with Crippen molar-refractivity contribution in [1.29, 1.82) is 0 Å². The van der Waals surface area contributed by atoms with Crippen LogP contribution in [0.25, 0.3) is 22.6 Å². The van der Waals surface area contributed by atoms with Crippen LogP contribution in [0.1, 0.15) is 70.3 Å². The van der Waals surface area contributed by atoms with E-state index >= 15 is 0 Å². The molecule has 0 bridgehead atoms. The lowest BCUT2D eigenvalue weighted by molar-refractivity contribution is 0.930. The van der Waals surface area contributed by atoms with Crippen LogP contribution in [0.3, 0.4) is 0 Å². The predicted octanol–water partition coefficient (Wildman–Crippen LogP) is 7.48. The van der Waals surface area contributed by atoms with Gasteiger partial charge in [0, 0.05) is 5.25 Å². The second-order valence-corrected chi connectivity index (χ2v) is 9.95. The highest BCUT2D eigenvalue weighted by molar-refractivity contribution is 8.01. The van der Waals surface area contributed by atoms with Crippen molar-refractivity contribution >= 4 is 34.6 Å². The van der Waals surface area contributed by atoms with E-state index in [2.05, 4.69) is 85.0 Å². The molecule has 34 heavy (non-hydrogen) atoms.